The normalized spacial score (nSPS) is 14.7. The van der Waals surface area contributed by atoms with Crippen LogP contribution in [0.15, 0.2) is 36.5 Å². The third-order valence-electron chi connectivity index (χ3n) is 4.94. The van der Waals surface area contributed by atoms with E-state index in [9.17, 15) is 4.79 Å². The third-order valence-corrected chi connectivity index (χ3v) is 4.94. The summed E-state index contributed by atoms with van der Waals surface area (Å²) in [6.07, 6.45) is 3.89. The first kappa shape index (κ1) is 14.4. The number of carbonyl (C=O) groups is 1. The van der Waals surface area contributed by atoms with Crippen LogP contribution in [0.4, 0.5) is 5.69 Å². The molecule has 1 amide bonds. The van der Waals surface area contributed by atoms with Crippen molar-refractivity contribution in [3.8, 4) is 11.5 Å². The number of benzene rings is 2. The number of aromatic amines is 1. The van der Waals surface area contributed by atoms with E-state index in [4.69, 9.17) is 9.47 Å². The minimum absolute atomic E-state index is 0.0391. The molecule has 0 spiro atoms. The molecule has 0 saturated heterocycles. The smallest absolute Gasteiger partial charge is 0.228 e. The standard InChI is InChI=1S/C20H18N2O3/c23-18(10-13-11-21-16-4-2-1-3-14(13)16)22-19-15-6-8-24-17(15)9-12-5-7-25-20(12)19/h1-4,9,11,21H,5-8,10H2,(H,22,23). The summed E-state index contributed by atoms with van der Waals surface area (Å²) in [5.41, 5.74) is 5.00. The predicted molar refractivity (Wildman–Crippen MR) is 95.5 cm³/mol. The Hall–Kier alpha value is -2.95. The van der Waals surface area contributed by atoms with Crippen LogP contribution in [-0.2, 0) is 24.1 Å². The Kier molecular flexibility index (Phi) is 3.20. The van der Waals surface area contributed by atoms with Crippen LogP contribution in [0.5, 0.6) is 11.5 Å². The van der Waals surface area contributed by atoms with Crippen molar-refractivity contribution in [3.63, 3.8) is 0 Å². The number of aromatic nitrogens is 1. The summed E-state index contributed by atoms with van der Waals surface area (Å²) in [7, 11) is 0. The summed E-state index contributed by atoms with van der Waals surface area (Å²) in [6.45, 7) is 1.31. The van der Waals surface area contributed by atoms with Crippen LogP contribution in [0.25, 0.3) is 10.9 Å². The highest BCUT2D eigenvalue weighted by Crippen LogP contribution is 2.44. The molecule has 0 atom stereocenters. The Balaban J connectivity index is 1.45. The van der Waals surface area contributed by atoms with Gasteiger partial charge in [-0.25, -0.2) is 0 Å². The number of amides is 1. The van der Waals surface area contributed by atoms with Gasteiger partial charge in [0.05, 0.1) is 25.3 Å². The summed E-state index contributed by atoms with van der Waals surface area (Å²) in [4.78, 5) is 15.9. The van der Waals surface area contributed by atoms with E-state index < -0.39 is 0 Å². The van der Waals surface area contributed by atoms with E-state index in [0.29, 0.717) is 19.6 Å². The van der Waals surface area contributed by atoms with E-state index >= 15 is 0 Å². The number of hydrogen-bond donors (Lipinski definition) is 2. The first-order valence-electron chi connectivity index (χ1n) is 8.59. The number of ether oxygens (including phenoxy) is 2. The molecule has 5 heteroatoms. The van der Waals surface area contributed by atoms with Crippen molar-refractivity contribution in [2.24, 2.45) is 0 Å². The average molecular weight is 334 g/mol. The molecule has 126 valence electrons. The van der Waals surface area contributed by atoms with E-state index in [0.717, 1.165) is 57.6 Å². The van der Waals surface area contributed by atoms with Gasteiger partial charge in [0, 0.05) is 41.1 Å². The van der Waals surface area contributed by atoms with Gasteiger partial charge < -0.3 is 19.8 Å². The van der Waals surface area contributed by atoms with Crippen molar-refractivity contribution >= 4 is 22.5 Å². The molecule has 0 aliphatic carbocycles. The second kappa shape index (κ2) is 5.55. The van der Waals surface area contributed by atoms with Gasteiger partial charge in [0.15, 0.2) is 0 Å². The number of hydrogen-bond acceptors (Lipinski definition) is 3. The van der Waals surface area contributed by atoms with Crippen LogP contribution < -0.4 is 14.8 Å². The Morgan fingerprint density at radius 1 is 1.16 bits per heavy atom. The van der Waals surface area contributed by atoms with Gasteiger partial charge in [-0.15, -0.1) is 0 Å². The van der Waals surface area contributed by atoms with E-state index in [1.165, 1.54) is 0 Å². The Labute approximate surface area is 144 Å². The molecule has 2 N–H and O–H groups in total. The number of nitrogens with one attached hydrogen (secondary N) is 2. The average Bonchev–Trinajstić information content (AvgIpc) is 3.34. The van der Waals surface area contributed by atoms with Gasteiger partial charge in [0.2, 0.25) is 5.91 Å². The molecule has 0 unspecified atom stereocenters. The molecule has 0 fully saturated rings. The van der Waals surface area contributed by atoms with Crippen LogP contribution in [-0.4, -0.2) is 24.1 Å². The van der Waals surface area contributed by atoms with Crippen molar-refractivity contribution in [2.75, 3.05) is 18.5 Å². The van der Waals surface area contributed by atoms with Gasteiger partial charge >= 0.3 is 0 Å². The maximum Gasteiger partial charge on any atom is 0.228 e. The van der Waals surface area contributed by atoms with E-state index in [1.54, 1.807) is 0 Å². The molecule has 3 aromatic rings. The lowest BCUT2D eigenvalue weighted by atomic mass is 10.0. The molecule has 2 aromatic carbocycles. The van der Waals surface area contributed by atoms with E-state index in [-0.39, 0.29) is 5.91 Å². The maximum atomic E-state index is 12.7. The van der Waals surface area contributed by atoms with E-state index in [1.807, 2.05) is 30.5 Å². The first-order valence-corrected chi connectivity index (χ1v) is 8.59. The zero-order chi connectivity index (χ0) is 16.8. The topological polar surface area (TPSA) is 63.4 Å². The summed E-state index contributed by atoms with van der Waals surface area (Å²) >= 11 is 0. The highest BCUT2D eigenvalue weighted by atomic mass is 16.5. The number of anilines is 1. The lowest BCUT2D eigenvalue weighted by molar-refractivity contribution is -0.115. The van der Waals surface area contributed by atoms with Gasteiger partial charge in [-0.05, 0) is 17.7 Å². The lowest BCUT2D eigenvalue weighted by Crippen LogP contribution is -2.16. The molecular weight excluding hydrogens is 316 g/mol. The molecule has 5 nitrogen and oxygen atoms in total. The van der Waals surface area contributed by atoms with Crippen LogP contribution in [0, 0.1) is 0 Å². The minimum Gasteiger partial charge on any atom is -0.493 e. The molecule has 0 bridgehead atoms. The van der Waals surface area contributed by atoms with Crippen molar-refractivity contribution < 1.29 is 14.3 Å². The summed E-state index contributed by atoms with van der Waals surface area (Å²) in [5, 5.41) is 4.17. The number of rotatable bonds is 3. The predicted octanol–water partition coefficient (Wildman–Crippen LogP) is 3.22. The molecule has 3 heterocycles. The zero-order valence-corrected chi connectivity index (χ0v) is 13.7. The van der Waals surface area contributed by atoms with Crippen molar-refractivity contribution in [3.05, 3.63) is 53.2 Å². The van der Waals surface area contributed by atoms with Gasteiger partial charge in [0.25, 0.3) is 0 Å². The summed E-state index contributed by atoms with van der Waals surface area (Å²) < 4.78 is 11.5. The molecule has 0 saturated carbocycles. The summed E-state index contributed by atoms with van der Waals surface area (Å²) in [6, 6.07) is 10.1. The van der Waals surface area contributed by atoms with Gasteiger partial charge in [-0.1, -0.05) is 18.2 Å². The fourth-order valence-corrected chi connectivity index (χ4v) is 3.75. The number of fused-ring (bicyclic) bond motifs is 3. The second-order valence-corrected chi connectivity index (χ2v) is 6.50. The Bertz CT molecular complexity index is 958. The van der Waals surface area contributed by atoms with Gasteiger partial charge in [-0.3, -0.25) is 4.79 Å². The molecule has 25 heavy (non-hydrogen) atoms. The highest BCUT2D eigenvalue weighted by Gasteiger charge is 2.27. The van der Waals surface area contributed by atoms with Crippen LogP contribution in [0.3, 0.4) is 0 Å². The highest BCUT2D eigenvalue weighted by molar-refractivity contribution is 5.98. The quantitative estimate of drug-likeness (QED) is 0.773. The van der Waals surface area contributed by atoms with Gasteiger partial charge in [-0.2, -0.15) is 0 Å². The largest absolute Gasteiger partial charge is 0.493 e. The second-order valence-electron chi connectivity index (χ2n) is 6.50. The molecule has 5 rings (SSSR count). The lowest BCUT2D eigenvalue weighted by Gasteiger charge is -2.14. The molecule has 2 aliphatic rings. The number of para-hydroxylation sites is 1. The van der Waals surface area contributed by atoms with Crippen LogP contribution >= 0.6 is 0 Å². The maximum absolute atomic E-state index is 12.7. The minimum atomic E-state index is -0.0391. The van der Waals surface area contributed by atoms with Crippen molar-refractivity contribution in [2.45, 2.75) is 19.3 Å². The third kappa shape index (κ3) is 2.35. The van der Waals surface area contributed by atoms with Crippen molar-refractivity contribution in [1.82, 2.24) is 4.98 Å². The fraction of sp³-hybridized carbons (Fsp3) is 0.250. The Morgan fingerprint density at radius 3 is 3.00 bits per heavy atom. The first-order chi connectivity index (χ1) is 12.3. The number of carbonyl (C=O) groups excluding carboxylic acids is 1. The molecular formula is C20H18N2O3. The Morgan fingerprint density at radius 2 is 2.04 bits per heavy atom. The van der Waals surface area contributed by atoms with E-state index in [2.05, 4.69) is 16.4 Å². The molecule has 2 aliphatic heterocycles. The van der Waals surface area contributed by atoms with Crippen molar-refractivity contribution in [1.29, 1.82) is 0 Å². The SMILES string of the molecule is O=C(Cc1c[nH]c2ccccc12)Nc1c2c(cc3c1OCC3)OCC2. The summed E-state index contributed by atoms with van der Waals surface area (Å²) in [5.74, 6) is 1.66. The van der Waals surface area contributed by atoms with Crippen LogP contribution in [0.2, 0.25) is 0 Å². The zero-order valence-electron chi connectivity index (χ0n) is 13.7. The molecule has 1 aromatic heterocycles. The fourth-order valence-electron chi connectivity index (χ4n) is 3.75. The molecule has 0 radical (unpaired) electrons. The number of H-pyrrole nitrogens is 1. The van der Waals surface area contributed by atoms with Crippen LogP contribution in [0.1, 0.15) is 16.7 Å². The van der Waals surface area contributed by atoms with Gasteiger partial charge in [0.1, 0.15) is 11.5 Å². The monoisotopic (exact) mass is 334 g/mol.